The SMILES string of the molecule is CC(C)(C)[Si](C)(C)ON=C1CCC(C(=O)CP(=O)(O)O)CC1. The first-order chi connectivity index (χ1) is 9.82. The van der Waals surface area contributed by atoms with Gasteiger partial charge in [-0.25, -0.2) is 0 Å². The molecule has 1 aliphatic carbocycles. The van der Waals surface area contributed by atoms with Crippen LogP contribution in [0.15, 0.2) is 5.16 Å². The third-order valence-electron chi connectivity index (χ3n) is 4.59. The van der Waals surface area contributed by atoms with Crippen LogP contribution in [0.5, 0.6) is 0 Å². The Kier molecular flexibility index (Phi) is 6.18. The van der Waals surface area contributed by atoms with Crippen LogP contribution in [0.1, 0.15) is 46.5 Å². The van der Waals surface area contributed by atoms with Gasteiger partial charge >= 0.3 is 7.60 Å². The second-order valence-corrected chi connectivity index (χ2v) is 13.9. The largest absolute Gasteiger partial charge is 0.455 e. The maximum Gasteiger partial charge on any atom is 0.332 e. The van der Waals surface area contributed by atoms with Crippen LogP contribution in [0.3, 0.4) is 0 Å². The van der Waals surface area contributed by atoms with Gasteiger partial charge in [0.05, 0.1) is 5.71 Å². The van der Waals surface area contributed by atoms with Gasteiger partial charge in [-0.2, -0.15) is 0 Å². The lowest BCUT2D eigenvalue weighted by Crippen LogP contribution is -2.39. The van der Waals surface area contributed by atoms with Gasteiger partial charge in [-0.05, 0) is 43.8 Å². The zero-order valence-corrected chi connectivity index (χ0v) is 16.0. The average molecular weight is 349 g/mol. The van der Waals surface area contributed by atoms with E-state index in [1.54, 1.807) is 0 Å². The Morgan fingerprint density at radius 3 is 2.23 bits per heavy atom. The lowest BCUT2D eigenvalue weighted by Gasteiger charge is -2.33. The van der Waals surface area contributed by atoms with E-state index in [1.807, 2.05) is 0 Å². The average Bonchev–Trinajstić information content (AvgIpc) is 2.33. The van der Waals surface area contributed by atoms with Gasteiger partial charge < -0.3 is 14.3 Å². The highest BCUT2D eigenvalue weighted by atomic mass is 31.2. The molecule has 0 aromatic heterocycles. The van der Waals surface area contributed by atoms with Crippen LogP contribution in [-0.2, 0) is 13.9 Å². The third kappa shape index (κ3) is 5.95. The van der Waals surface area contributed by atoms with Crippen LogP contribution in [0.4, 0.5) is 0 Å². The van der Waals surface area contributed by atoms with Crippen LogP contribution in [0, 0.1) is 5.92 Å². The summed E-state index contributed by atoms with van der Waals surface area (Å²) in [6.45, 7) is 10.7. The number of oxime groups is 1. The summed E-state index contributed by atoms with van der Waals surface area (Å²) in [5, 5.41) is 4.39. The molecule has 0 heterocycles. The Morgan fingerprint density at radius 1 is 1.32 bits per heavy atom. The molecule has 6 nitrogen and oxygen atoms in total. The number of Topliss-reactive ketones (excluding diaryl/α,β-unsaturated/α-hetero) is 1. The van der Waals surface area contributed by atoms with Gasteiger partial charge in [-0.1, -0.05) is 20.8 Å². The molecule has 0 atom stereocenters. The minimum Gasteiger partial charge on any atom is -0.455 e. The molecule has 1 saturated carbocycles. The fraction of sp³-hybridized carbons (Fsp3) is 0.857. The molecule has 0 saturated heterocycles. The smallest absolute Gasteiger partial charge is 0.332 e. The summed E-state index contributed by atoms with van der Waals surface area (Å²) in [6, 6.07) is 0. The second kappa shape index (κ2) is 6.95. The number of ketones is 1. The third-order valence-corrected chi connectivity index (χ3v) is 9.47. The van der Waals surface area contributed by atoms with Crippen molar-refractivity contribution in [2.45, 2.75) is 64.6 Å². The van der Waals surface area contributed by atoms with E-state index in [0.717, 1.165) is 5.71 Å². The molecule has 128 valence electrons. The summed E-state index contributed by atoms with van der Waals surface area (Å²) in [5.41, 5.74) is 0.949. The van der Waals surface area contributed by atoms with E-state index in [0.29, 0.717) is 25.7 Å². The quantitative estimate of drug-likeness (QED) is 0.451. The predicted molar refractivity (Wildman–Crippen MR) is 89.6 cm³/mol. The maximum atomic E-state index is 11.8. The zero-order chi connectivity index (χ0) is 17.2. The van der Waals surface area contributed by atoms with Gasteiger partial charge in [0, 0.05) is 5.92 Å². The predicted octanol–water partition coefficient (Wildman–Crippen LogP) is 3.30. The number of nitrogens with zero attached hydrogens (tertiary/aromatic N) is 1. The van der Waals surface area contributed by atoms with Gasteiger partial charge in [-0.15, -0.1) is 5.16 Å². The number of hydrogen-bond acceptors (Lipinski definition) is 4. The van der Waals surface area contributed by atoms with Crippen LogP contribution in [0.2, 0.25) is 18.1 Å². The molecule has 0 aromatic carbocycles. The van der Waals surface area contributed by atoms with Crippen molar-refractivity contribution in [2.75, 3.05) is 6.16 Å². The Balaban J connectivity index is 2.54. The van der Waals surface area contributed by atoms with E-state index >= 15 is 0 Å². The summed E-state index contributed by atoms with van der Waals surface area (Å²) in [4.78, 5) is 29.6. The number of hydrogen-bond donors (Lipinski definition) is 2. The first kappa shape index (κ1) is 19.6. The minimum absolute atomic E-state index is 0.0909. The molecule has 8 heteroatoms. The number of rotatable bonds is 5. The summed E-state index contributed by atoms with van der Waals surface area (Å²) < 4.78 is 16.7. The monoisotopic (exact) mass is 349 g/mol. The summed E-state index contributed by atoms with van der Waals surface area (Å²) in [6.07, 6.45) is 1.86. The minimum atomic E-state index is -4.26. The summed E-state index contributed by atoms with van der Waals surface area (Å²) in [5.74, 6) is -0.600. The van der Waals surface area contributed by atoms with Gasteiger partial charge in [0.1, 0.15) is 11.9 Å². The molecule has 2 N–H and O–H groups in total. The Bertz CT molecular complexity index is 482. The van der Waals surface area contributed by atoms with Crippen molar-refractivity contribution in [3.63, 3.8) is 0 Å². The van der Waals surface area contributed by atoms with Crippen molar-refractivity contribution >= 4 is 27.4 Å². The molecule has 0 spiro atoms. The molecule has 1 fully saturated rings. The van der Waals surface area contributed by atoms with Crippen molar-refractivity contribution in [3.05, 3.63) is 0 Å². The van der Waals surface area contributed by atoms with Crippen LogP contribution in [0.25, 0.3) is 0 Å². The molecule has 1 rings (SSSR count). The molecule has 0 bridgehead atoms. The normalized spacial score (nSPS) is 20.7. The zero-order valence-electron chi connectivity index (χ0n) is 14.1. The van der Waals surface area contributed by atoms with Crippen LogP contribution < -0.4 is 0 Å². The Morgan fingerprint density at radius 2 is 1.82 bits per heavy atom. The van der Waals surface area contributed by atoms with E-state index in [1.165, 1.54) is 0 Å². The lowest BCUT2D eigenvalue weighted by molar-refractivity contribution is -0.121. The first-order valence-corrected chi connectivity index (χ1v) is 12.3. The highest BCUT2D eigenvalue weighted by Crippen LogP contribution is 2.38. The van der Waals surface area contributed by atoms with E-state index in [4.69, 9.17) is 14.3 Å². The van der Waals surface area contributed by atoms with E-state index < -0.39 is 22.1 Å². The standard InChI is InChI=1S/C14H28NO5PSi/c1-14(2,3)22(4,5)20-15-12-8-6-11(7-9-12)13(16)10-21(17,18)19/h11H,6-10H2,1-5H3,(H2,17,18,19). The van der Waals surface area contributed by atoms with Gasteiger partial charge in [0.25, 0.3) is 8.32 Å². The van der Waals surface area contributed by atoms with E-state index in [-0.39, 0.29) is 16.7 Å². The Hall–Kier alpha value is -0.493. The molecule has 0 amide bonds. The number of carbonyl (C=O) groups excluding carboxylic acids is 1. The number of carbonyl (C=O) groups is 1. The van der Waals surface area contributed by atoms with Crippen molar-refractivity contribution in [1.82, 2.24) is 0 Å². The van der Waals surface area contributed by atoms with Crippen molar-refractivity contribution in [1.29, 1.82) is 0 Å². The summed E-state index contributed by atoms with van der Waals surface area (Å²) >= 11 is 0. The molecular weight excluding hydrogens is 321 g/mol. The molecule has 1 aliphatic rings. The highest BCUT2D eigenvalue weighted by molar-refractivity contribution is 7.52. The van der Waals surface area contributed by atoms with Gasteiger partial charge in [0.2, 0.25) is 0 Å². The molecule has 22 heavy (non-hydrogen) atoms. The van der Waals surface area contributed by atoms with Crippen molar-refractivity contribution < 1.29 is 23.7 Å². The van der Waals surface area contributed by atoms with Gasteiger partial charge in [-0.3, -0.25) is 9.36 Å². The van der Waals surface area contributed by atoms with Gasteiger partial charge in [0.15, 0.2) is 0 Å². The fourth-order valence-electron chi connectivity index (χ4n) is 2.01. The molecular formula is C14H28NO5PSi. The second-order valence-electron chi connectivity index (χ2n) is 7.57. The molecule has 0 radical (unpaired) electrons. The molecule has 0 aliphatic heterocycles. The topological polar surface area (TPSA) is 96.2 Å². The maximum absolute atomic E-state index is 11.8. The summed E-state index contributed by atoms with van der Waals surface area (Å²) in [7, 11) is -6.17. The fourth-order valence-corrected chi connectivity index (χ4v) is 3.31. The lowest BCUT2D eigenvalue weighted by atomic mass is 9.85. The van der Waals surface area contributed by atoms with Crippen LogP contribution in [-0.4, -0.2) is 35.8 Å². The van der Waals surface area contributed by atoms with E-state index in [9.17, 15) is 9.36 Å². The van der Waals surface area contributed by atoms with Crippen molar-refractivity contribution in [3.8, 4) is 0 Å². The highest BCUT2D eigenvalue weighted by Gasteiger charge is 2.40. The van der Waals surface area contributed by atoms with Crippen molar-refractivity contribution in [2.24, 2.45) is 11.1 Å². The molecule has 0 aromatic rings. The molecule has 0 unspecified atom stereocenters. The van der Waals surface area contributed by atoms with Crippen LogP contribution >= 0.6 is 7.60 Å². The van der Waals surface area contributed by atoms with E-state index in [2.05, 4.69) is 39.0 Å². The Labute approximate surface area is 133 Å². The first-order valence-electron chi connectivity index (χ1n) is 7.63.